The van der Waals surface area contributed by atoms with Crippen molar-refractivity contribution in [2.45, 2.75) is 27.7 Å². The van der Waals surface area contributed by atoms with Crippen molar-refractivity contribution in [1.82, 2.24) is 0 Å². The highest BCUT2D eigenvalue weighted by atomic mass is 16.5. The van der Waals surface area contributed by atoms with Crippen molar-refractivity contribution in [1.29, 1.82) is 0 Å². The first-order valence-electron chi connectivity index (χ1n) is 12.3. The summed E-state index contributed by atoms with van der Waals surface area (Å²) < 4.78 is 17.1. The number of hydrogen-bond acceptors (Lipinski definition) is 7. The van der Waals surface area contributed by atoms with E-state index in [0.717, 1.165) is 27.6 Å². The zero-order valence-electron chi connectivity index (χ0n) is 21.1. The maximum Gasteiger partial charge on any atom is 0.340 e. The van der Waals surface area contributed by atoms with Gasteiger partial charge in [-0.15, -0.1) is 0 Å². The summed E-state index contributed by atoms with van der Waals surface area (Å²) in [5.74, 6) is -2.92. The Morgan fingerprint density at radius 1 is 0.892 bits per heavy atom. The molecule has 2 aliphatic rings. The average molecular weight is 498 g/mol. The van der Waals surface area contributed by atoms with Gasteiger partial charge in [-0.1, -0.05) is 54.6 Å². The molecule has 188 valence electrons. The number of aryl methyl sites for hydroxylation is 2. The van der Waals surface area contributed by atoms with Crippen LogP contribution in [0.4, 0.5) is 5.69 Å². The van der Waals surface area contributed by atoms with E-state index in [-0.39, 0.29) is 41.8 Å². The van der Waals surface area contributed by atoms with Gasteiger partial charge in [0.05, 0.1) is 18.8 Å². The van der Waals surface area contributed by atoms with Crippen molar-refractivity contribution >= 4 is 39.9 Å². The molecule has 0 saturated carbocycles. The van der Waals surface area contributed by atoms with Gasteiger partial charge in [0.25, 0.3) is 0 Å². The molecule has 0 radical (unpaired) electrons. The fourth-order valence-corrected chi connectivity index (χ4v) is 5.02. The summed E-state index contributed by atoms with van der Waals surface area (Å²) in [6.45, 7) is 7.36. The first kappa shape index (κ1) is 24.3. The number of rotatable bonds is 6. The SMILES string of the molecule is CCOC(=O)C1=C(Nc2c(C)cccc2C)OC2=C(C(=O)c3cccc4cccc2c34)C1C(=O)OCC. The van der Waals surface area contributed by atoms with Gasteiger partial charge in [0, 0.05) is 22.2 Å². The third kappa shape index (κ3) is 3.96. The van der Waals surface area contributed by atoms with Crippen LogP contribution in [0.3, 0.4) is 0 Å². The average Bonchev–Trinajstić information content (AvgIpc) is 2.88. The largest absolute Gasteiger partial charge is 0.465 e. The quantitative estimate of drug-likeness (QED) is 0.452. The Morgan fingerprint density at radius 2 is 1.51 bits per heavy atom. The molecule has 3 aromatic carbocycles. The number of fused-ring (bicyclic) bond motifs is 1. The van der Waals surface area contributed by atoms with Gasteiger partial charge < -0.3 is 19.5 Å². The zero-order chi connectivity index (χ0) is 26.3. The van der Waals surface area contributed by atoms with Crippen LogP contribution < -0.4 is 5.32 Å². The van der Waals surface area contributed by atoms with E-state index in [0.29, 0.717) is 11.1 Å². The van der Waals surface area contributed by atoms with Crippen LogP contribution in [0.15, 0.2) is 71.6 Å². The lowest BCUT2D eigenvalue weighted by atomic mass is 9.77. The Balaban J connectivity index is 1.78. The number of carbonyl (C=O) groups excluding carboxylic acids is 3. The Labute approximate surface area is 214 Å². The first-order chi connectivity index (χ1) is 17.9. The van der Waals surface area contributed by atoms with Crippen LogP contribution in [0.5, 0.6) is 0 Å². The van der Waals surface area contributed by atoms with Crippen LogP contribution in [0.25, 0.3) is 16.5 Å². The summed E-state index contributed by atoms with van der Waals surface area (Å²) >= 11 is 0. The van der Waals surface area contributed by atoms with E-state index in [4.69, 9.17) is 14.2 Å². The van der Waals surface area contributed by atoms with Crippen molar-refractivity contribution in [2.24, 2.45) is 5.92 Å². The standard InChI is InChI=1S/C30H27NO6/c1-5-35-29(33)22-23-26(32)19-14-8-12-18-13-9-15-20(21(18)19)27(23)37-28(24(22)30(34)36-6-2)31-25-16(3)10-7-11-17(25)4/h7-15,22,31H,5-6H2,1-4H3. The predicted molar refractivity (Wildman–Crippen MR) is 140 cm³/mol. The molecule has 1 atom stereocenters. The maximum atomic E-state index is 13.9. The number of anilines is 1. The van der Waals surface area contributed by atoms with E-state index in [1.165, 1.54) is 0 Å². The number of carbonyl (C=O) groups is 3. The Kier molecular flexibility index (Phi) is 6.29. The summed E-state index contributed by atoms with van der Waals surface area (Å²) in [6.07, 6.45) is 0. The zero-order valence-corrected chi connectivity index (χ0v) is 21.1. The summed E-state index contributed by atoms with van der Waals surface area (Å²) in [6, 6.07) is 16.9. The van der Waals surface area contributed by atoms with E-state index < -0.39 is 17.9 Å². The molecule has 0 amide bonds. The number of nitrogens with one attached hydrogen (secondary N) is 1. The number of Topliss-reactive ketones (excluding diaryl/α,β-unsaturated/α-hetero) is 1. The molecular formula is C30H27NO6. The molecule has 5 rings (SSSR count). The molecule has 0 bridgehead atoms. The van der Waals surface area contributed by atoms with Gasteiger partial charge >= 0.3 is 11.9 Å². The lowest BCUT2D eigenvalue weighted by Crippen LogP contribution is -2.37. The van der Waals surface area contributed by atoms with Crippen LogP contribution in [0.2, 0.25) is 0 Å². The van der Waals surface area contributed by atoms with Crippen LogP contribution in [0, 0.1) is 19.8 Å². The van der Waals surface area contributed by atoms with Gasteiger partial charge in [-0.05, 0) is 44.2 Å². The van der Waals surface area contributed by atoms with Gasteiger partial charge in [-0.2, -0.15) is 0 Å². The van der Waals surface area contributed by atoms with Crippen LogP contribution >= 0.6 is 0 Å². The minimum Gasteiger partial charge on any atom is -0.465 e. The number of ether oxygens (including phenoxy) is 3. The third-order valence-corrected chi connectivity index (χ3v) is 6.65. The summed E-state index contributed by atoms with van der Waals surface area (Å²) in [4.78, 5) is 40.7. The lowest BCUT2D eigenvalue weighted by Gasteiger charge is -2.33. The van der Waals surface area contributed by atoms with E-state index in [2.05, 4.69) is 5.32 Å². The van der Waals surface area contributed by atoms with E-state index in [9.17, 15) is 14.4 Å². The second-order valence-corrected chi connectivity index (χ2v) is 8.92. The van der Waals surface area contributed by atoms with Gasteiger partial charge in [0.15, 0.2) is 5.78 Å². The molecule has 0 saturated heterocycles. The lowest BCUT2D eigenvalue weighted by molar-refractivity contribution is -0.149. The van der Waals surface area contributed by atoms with Crippen molar-refractivity contribution in [2.75, 3.05) is 18.5 Å². The topological polar surface area (TPSA) is 90.9 Å². The third-order valence-electron chi connectivity index (χ3n) is 6.65. The van der Waals surface area contributed by atoms with Crippen molar-refractivity contribution in [3.63, 3.8) is 0 Å². The second kappa shape index (κ2) is 9.58. The molecule has 1 N–H and O–H groups in total. The molecule has 1 unspecified atom stereocenters. The van der Waals surface area contributed by atoms with Gasteiger partial charge in [0.2, 0.25) is 5.88 Å². The fraction of sp³-hybridized carbons (Fsp3) is 0.233. The first-order valence-corrected chi connectivity index (χ1v) is 12.3. The maximum absolute atomic E-state index is 13.9. The van der Waals surface area contributed by atoms with Crippen LogP contribution in [-0.4, -0.2) is 30.9 Å². The Morgan fingerprint density at radius 3 is 2.16 bits per heavy atom. The smallest absolute Gasteiger partial charge is 0.340 e. The fourth-order valence-electron chi connectivity index (χ4n) is 5.02. The number of para-hydroxylation sites is 1. The molecule has 0 aromatic heterocycles. The molecule has 7 nitrogen and oxygen atoms in total. The minimum atomic E-state index is -1.33. The van der Waals surface area contributed by atoms with Gasteiger partial charge in [0.1, 0.15) is 17.3 Å². The molecule has 0 fully saturated rings. The van der Waals surface area contributed by atoms with Crippen molar-refractivity contribution < 1.29 is 28.6 Å². The molecular weight excluding hydrogens is 470 g/mol. The van der Waals surface area contributed by atoms with Crippen molar-refractivity contribution in [3.8, 4) is 0 Å². The monoisotopic (exact) mass is 497 g/mol. The van der Waals surface area contributed by atoms with E-state index >= 15 is 0 Å². The predicted octanol–water partition coefficient (Wildman–Crippen LogP) is 5.46. The summed E-state index contributed by atoms with van der Waals surface area (Å²) in [5.41, 5.74) is 3.64. The van der Waals surface area contributed by atoms with Gasteiger partial charge in [-0.3, -0.25) is 9.59 Å². The summed E-state index contributed by atoms with van der Waals surface area (Å²) in [5, 5.41) is 4.85. The number of benzene rings is 3. The summed E-state index contributed by atoms with van der Waals surface area (Å²) in [7, 11) is 0. The molecule has 7 heteroatoms. The number of ketones is 1. The Hall–Kier alpha value is -4.39. The number of esters is 2. The second-order valence-electron chi connectivity index (χ2n) is 8.92. The molecule has 37 heavy (non-hydrogen) atoms. The molecule has 1 aliphatic heterocycles. The molecule has 1 heterocycles. The Bertz CT molecular complexity index is 1500. The van der Waals surface area contributed by atoms with E-state index in [1.807, 2.05) is 56.3 Å². The highest BCUT2D eigenvalue weighted by molar-refractivity contribution is 6.27. The number of hydrogen-bond donors (Lipinski definition) is 1. The minimum absolute atomic E-state index is 0.0387. The highest BCUT2D eigenvalue weighted by Gasteiger charge is 2.47. The van der Waals surface area contributed by atoms with Crippen LogP contribution in [-0.2, 0) is 23.8 Å². The van der Waals surface area contributed by atoms with E-state index in [1.54, 1.807) is 26.0 Å². The van der Waals surface area contributed by atoms with Gasteiger partial charge in [-0.25, -0.2) is 4.79 Å². The van der Waals surface area contributed by atoms with Crippen LogP contribution in [0.1, 0.15) is 40.9 Å². The van der Waals surface area contributed by atoms with Crippen molar-refractivity contribution in [3.05, 3.63) is 93.9 Å². The molecule has 0 spiro atoms. The normalized spacial score (nSPS) is 16.3. The molecule has 3 aromatic rings. The highest BCUT2D eigenvalue weighted by Crippen LogP contribution is 2.46. The molecule has 1 aliphatic carbocycles.